The molecule has 6 nitrogen and oxygen atoms in total. The second kappa shape index (κ2) is 9.13. The van der Waals surface area contributed by atoms with Crippen LogP contribution in [0.25, 0.3) is 0 Å². The van der Waals surface area contributed by atoms with Crippen molar-refractivity contribution in [3.63, 3.8) is 0 Å². The van der Waals surface area contributed by atoms with Gasteiger partial charge in [0.2, 0.25) is 0 Å². The van der Waals surface area contributed by atoms with Crippen molar-refractivity contribution < 1.29 is 14.3 Å². The molecule has 0 atom stereocenters. The van der Waals surface area contributed by atoms with Crippen LogP contribution < -0.4 is 15.4 Å². The first kappa shape index (κ1) is 20.9. The molecule has 2 N–H and O–H groups in total. The van der Waals surface area contributed by atoms with E-state index >= 15 is 0 Å². The fourth-order valence-corrected chi connectivity index (χ4v) is 3.18. The monoisotopic (exact) mass is 449 g/mol. The Morgan fingerprint density at radius 1 is 0.931 bits per heavy atom. The lowest BCUT2D eigenvalue weighted by molar-refractivity contribution is 0.0966. The lowest BCUT2D eigenvalue weighted by Crippen LogP contribution is -2.35. The summed E-state index contributed by atoms with van der Waals surface area (Å²) in [7, 11) is 0. The predicted octanol–water partition coefficient (Wildman–Crippen LogP) is 6.10. The maximum absolute atomic E-state index is 12.3. The first-order valence-corrected chi connectivity index (χ1v) is 9.43. The highest BCUT2D eigenvalue weighted by atomic mass is 35.5. The molecule has 1 aromatic heterocycles. The van der Waals surface area contributed by atoms with Crippen molar-refractivity contribution in [1.29, 1.82) is 0 Å². The third-order valence-electron chi connectivity index (χ3n) is 3.76. The second-order valence-corrected chi connectivity index (χ2v) is 7.10. The van der Waals surface area contributed by atoms with Crippen LogP contribution in [0.15, 0.2) is 54.6 Å². The van der Waals surface area contributed by atoms with Gasteiger partial charge in [0.1, 0.15) is 21.8 Å². The minimum atomic E-state index is -0.716. The minimum absolute atomic E-state index is 0.0796. The third kappa shape index (κ3) is 5.60. The molecule has 0 aliphatic heterocycles. The Labute approximate surface area is 181 Å². The zero-order chi connectivity index (χ0) is 21.0. The predicted molar refractivity (Wildman–Crippen MR) is 113 cm³/mol. The van der Waals surface area contributed by atoms with E-state index in [0.29, 0.717) is 27.8 Å². The van der Waals surface area contributed by atoms with E-state index in [2.05, 4.69) is 15.6 Å². The maximum Gasteiger partial charge on any atom is 0.326 e. The van der Waals surface area contributed by atoms with E-state index < -0.39 is 11.9 Å². The number of imide groups is 1. The molecule has 3 amide bonds. The van der Waals surface area contributed by atoms with Gasteiger partial charge < -0.3 is 10.1 Å². The number of anilines is 1. The first-order valence-electron chi connectivity index (χ1n) is 8.30. The highest BCUT2D eigenvalue weighted by molar-refractivity contribution is 6.35. The summed E-state index contributed by atoms with van der Waals surface area (Å²) in [4.78, 5) is 28.2. The normalized spacial score (nSPS) is 10.3. The molecule has 0 fully saturated rings. The zero-order valence-corrected chi connectivity index (χ0v) is 17.3. The van der Waals surface area contributed by atoms with Gasteiger partial charge in [-0.15, -0.1) is 0 Å². The Morgan fingerprint density at radius 2 is 1.52 bits per heavy atom. The number of hydrogen-bond donors (Lipinski definition) is 2. The van der Waals surface area contributed by atoms with Gasteiger partial charge in [-0.2, -0.15) is 0 Å². The van der Waals surface area contributed by atoms with Crippen LogP contribution in [0.3, 0.4) is 0 Å². The summed E-state index contributed by atoms with van der Waals surface area (Å²) in [6.07, 6.45) is 0. The number of carbonyl (C=O) groups excluding carboxylic acids is 2. The molecule has 0 saturated carbocycles. The topological polar surface area (TPSA) is 80.3 Å². The highest BCUT2D eigenvalue weighted by Crippen LogP contribution is 2.24. The Bertz CT molecular complexity index is 1030. The number of benzene rings is 2. The van der Waals surface area contributed by atoms with Gasteiger partial charge in [0.25, 0.3) is 5.91 Å². The average Bonchev–Trinajstić information content (AvgIpc) is 2.64. The van der Waals surface area contributed by atoms with Gasteiger partial charge in [0.05, 0.1) is 5.56 Å². The molecule has 0 spiro atoms. The summed E-state index contributed by atoms with van der Waals surface area (Å²) in [5.41, 5.74) is 1.05. The van der Waals surface area contributed by atoms with Crippen molar-refractivity contribution in [3.05, 3.63) is 81.1 Å². The van der Waals surface area contributed by atoms with Gasteiger partial charge in [-0.3, -0.25) is 10.1 Å². The number of aryl methyl sites for hydroxylation is 1. The number of halogens is 3. The maximum atomic E-state index is 12.3. The molecule has 0 aliphatic rings. The quantitative estimate of drug-likeness (QED) is 0.470. The number of urea groups is 1. The molecule has 29 heavy (non-hydrogen) atoms. The number of aromatic nitrogens is 1. The highest BCUT2D eigenvalue weighted by Gasteiger charge is 2.18. The number of rotatable bonds is 4. The Kier molecular flexibility index (Phi) is 6.59. The fraction of sp³-hybridized carbons (Fsp3) is 0.0500. The lowest BCUT2D eigenvalue weighted by atomic mass is 10.1. The molecular weight excluding hydrogens is 437 g/mol. The molecule has 3 rings (SSSR count). The number of nitrogens with one attached hydrogen (secondary N) is 2. The van der Waals surface area contributed by atoms with E-state index in [9.17, 15) is 9.59 Å². The smallest absolute Gasteiger partial charge is 0.326 e. The van der Waals surface area contributed by atoms with Crippen LogP contribution in [0.4, 0.5) is 10.5 Å². The standard InChI is InChI=1S/C20H14Cl3N3O3/c1-11-10-16(22)25-18(23)17(11)19(27)26-20(28)24-13-4-8-15(9-5-13)29-14-6-2-12(21)3-7-14/h2-10H,1H3,(H2,24,26,27,28). The van der Waals surface area contributed by atoms with Crippen molar-refractivity contribution in [1.82, 2.24) is 10.3 Å². The largest absolute Gasteiger partial charge is 0.457 e. The molecule has 0 bridgehead atoms. The Hall–Kier alpha value is -2.80. The van der Waals surface area contributed by atoms with E-state index in [1.165, 1.54) is 6.07 Å². The number of hydrogen-bond acceptors (Lipinski definition) is 4. The van der Waals surface area contributed by atoms with Crippen molar-refractivity contribution >= 4 is 52.4 Å². The van der Waals surface area contributed by atoms with E-state index in [1.54, 1.807) is 55.5 Å². The molecule has 3 aromatic rings. The number of pyridine rings is 1. The average molecular weight is 451 g/mol. The van der Waals surface area contributed by atoms with Crippen LogP contribution in [0.2, 0.25) is 15.3 Å². The van der Waals surface area contributed by atoms with E-state index in [0.717, 1.165) is 0 Å². The van der Waals surface area contributed by atoms with Gasteiger partial charge in [-0.1, -0.05) is 34.8 Å². The SMILES string of the molecule is Cc1cc(Cl)nc(Cl)c1C(=O)NC(=O)Nc1ccc(Oc2ccc(Cl)cc2)cc1. The first-order chi connectivity index (χ1) is 13.8. The summed E-state index contributed by atoms with van der Waals surface area (Å²) < 4.78 is 5.68. The van der Waals surface area contributed by atoms with E-state index in [4.69, 9.17) is 39.5 Å². The van der Waals surface area contributed by atoms with Crippen LogP contribution in [0.5, 0.6) is 11.5 Å². The number of amides is 3. The van der Waals surface area contributed by atoms with Crippen molar-refractivity contribution in [2.75, 3.05) is 5.32 Å². The summed E-state index contributed by atoms with van der Waals surface area (Å²) in [6, 6.07) is 14.3. The lowest BCUT2D eigenvalue weighted by Gasteiger charge is -2.10. The zero-order valence-electron chi connectivity index (χ0n) is 15.0. The summed E-state index contributed by atoms with van der Waals surface area (Å²) in [6.45, 7) is 1.64. The van der Waals surface area contributed by atoms with E-state index in [-0.39, 0.29) is 15.9 Å². The van der Waals surface area contributed by atoms with Crippen molar-refractivity contribution in [2.24, 2.45) is 0 Å². The molecule has 0 saturated heterocycles. The molecule has 9 heteroatoms. The van der Waals surface area contributed by atoms with Crippen LogP contribution in [0, 0.1) is 6.92 Å². The van der Waals surface area contributed by atoms with Crippen LogP contribution in [-0.4, -0.2) is 16.9 Å². The van der Waals surface area contributed by atoms with Gasteiger partial charge in [0, 0.05) is 10.7 Å². The van der Waals surface area contributed by atoms with E-state index in [1.807, 2.05) is 0 Å². The summed E-state index contributed by atoms with van der Waals surface area (Å²) in [5.74, 6) is 0.517. The fourth-order valence-electron chi connectivity index (χ4n) is 2.44. The summed E-state index contributed by atoms with van der Waals surface area (Å²) >= 11 is 17.6. The van der Waals surface area contributed by atoms with Gasteiger partial charge in [0.15, 0.2) is 0 Å². The third-order valence-corrected chi connectivity index (χ3v) is 4.48. The minimum Gasteiger partial charge on any atom is -0.457 e. The molecule has 2 aromatic carbocycles. The summed E-state index contributed by atoms with van der Waals surface area (Å²) in [5, 5.41) is 5.46. The number of carbonyl (C=O) groups is 2. The molecule has 0 aliphatic carbocycles. The van der Waals surface area contributed by atoms with Gasteiger partial charge in [-0.25, -0.2) is 9.78 Å². The van der Waals surface area contributed by atoms with Crippen molar-refractivity contribution in [3.8, 4) is 11.5 Å². The Morgan fingerprint density at radius 3 is 2.10 bits per heavy atom. The number of ether oxygens (including phenoxy) is 1. The molecule has 148 valence electrons. The van der Waals surface area contributed by atoms with Crippen LogP contribution >= 0.6 is 34.8 Å². The van der Waals surface area contributed by atoms with Crippen LogP contribution in [0.1, 0.15) is 15.9 Å². The van der Waals surface area contributed by atoms with Gasteiger partial charge in [-0.05, 0) is 67.1 Å². The second-order valence-electron chi connectivity index (χ2n) is 5.92. The van der Waals surface area contributed by atoms with Crippen molar-refractivity contribution in [2.45, 2.75) is 6.92 Å². The molecule has 1 heterocycles. The molecule has 0 unspecified atom stereocenters. The Balaban J connectivity index is 1.61. The number of nitrogens with zero attached hydrogens (tertiary/aromatic N) is 1. The molecular formula is C20H14Cl3N3O3. The molecule has 0 radical (unpaired) electrons. The van der Waals surface area contributed by atoms with Crippen LogP contribution in [-0.2, 0) is 0 Å². The van der Waals surface area contributed by atoms with Gasteiger partial charge >= 0.3 is 6.03 Å².